The number of carbonyl (C=O) groups is 2. The summed E-state index contributed by atoms with van der Waals surface area (Å²) in [4.78, 5) is 29.1. The molecule has 1 aliphatic carbocycles. The summed E-state index contributed by atoms with van der Waals surface area (Å²) in [6, 6.07) is 9.03. The molecular formula is C25H29F3N4O2. The highest BCUT2D eigenvalue weighted by Crippen LogP contribution is 2.41. The lowest BCUT2D eigenvalue weighted by Gasteiger charge is -2.34. The van der Waals surface area contributed by atoms with Crippen molar-refractivity contribution in [3.8, 4) is 0 Å². The molecule has 2 aliphatic rings. The Morgan fingerprint density at radius 3 is 2.56 bits per heavy atom. The molecule has 2 N–H and O–H groups in total. The zero-order valence-corrected chi connectivity index (χ0v) is 19.4. The summed E-state index contributed by atoms with van der Waals surface area (Å²) in [5.41, 5.74) is 2.23. The van der Waals surface area contributed by atoms with E-state index in [0.717, 1.165) is 18.4 Å². The van der Waals surface area contributed by atoms with E-state index in [0.29, 0.717) is 5.82 Å². The maximum atomic E-state index is 14.0. The highest BCUT2D eigenvalue weighted by molar-refractivity contribution is 5.84. The molecule has 1 aromatic carbocycles. The molecule has 0 spiro atoms. The van der Waals surface area contributed by atoms with Crippen LogP contribution in [0.25, 0.3) is 0 Å². The van der Waals surface area contributed by atoms with E-state index in [1.807, 2.05) is 12.1 Å². The van der Waals surface area contributed by atoms with Gasteiger partial charge in [-0.25, -0.2) is 4.98 Å². The van der Waals surface area contributed by atoms with Gasteiger partial charge in [-0.05, 0) is 30.0 Å². The maximum absolute atomic E-state index is 14.0. The maximum Gasteiger partial charge on any atom is 0.413 e. The van der Waals surface area contributed by atoms with Crippen molar-refractivity contribution in [1.29, 1.82) is 0 Å². The molecule has 1 aromatic heterocycles. The van der Waals surface area contributed by atoms with Gasteiger partial charge >= 0.3 is 6.18 Å². The van der Waals surface area contributed by atoms with E-state index < -0.39 is 24.0 Å². The number of nitrogens with zero attached hydrogens (tertiary/aromatic N) is 2. The van der Waals surface area contributed by atoms with E-state index in [-0.39, 0.29) is 42.3 Å². The Kier molecular flexibility index (Phi) is 6.31. The monoisotopic (exact) mass is 474 g/mol. The van der Waals surface area contributed by atoms with Crippen LogP contribution in [0.3, 0.4) is 0 Å². The lowest BCUT2D eigenvalue weighted by molar-refractivity contribution is -0.190. The molecule has 6 nitrogen and oxygen atoms in total. The largest absolute Gasteiger partial charge is 0.413 e. The lowest BCUT2D eigenvalue weighted by atomic mass is 9.83. The zero-order valence-electron chi connectivity index (χ0n) is 19.4. The molecule has 0 unspecified atom stereocenters. The van der Waals surface area contributed by atoms with Crippen molar-refractivity contribution in [2.45, 2.75) is 56.8 Å². The van der Waals surface area contributed by atoms with Crippen molar-refractivity contribution < 1.29 is 22.8 Å². The summed E-state index contributed by atoms with van der Waals surface area (Å²) in [6.45, 7) is 4.32. The van der Waals surface area contributed by atoms with Crippen LogP contribution in [0.2, 0.25) is 0 Å². The predicted octanol–water partition coefficient (Wildman–Crippen LogP) is 3.98. The normalized spacial score (nSPS) is 22.5. The topological polar surface area (TPSA) is 74.3 Å². The van der Waals surface area contributed by atoms with Gasteiger partial charge in [-0.2, -0.15) is 13.2 Å². The number of rotatable bonds is 5. The number of pyridine rings is 1. The van der Waals surface area contributed by atoms with Crippen LogP contribution >= 0.6 is 0 Å². The lowest BCUT2D eigenvalue weighted by Crippen LogP contribution is -2.47. The van der Waals surface area contributed by atoms with Crippen LogP contribution in [0, 0.1) is 5.92 Å². The number of hydrogen-bond donors (Lipinski definition) is 2. The third-order valence-electron chi connectivity index (χ3n) is 7.09. The van der Waals surface area contributed by atoms with Gasteiger partial charge in [0.15, 0.2) is 6.04 Å². The Morgan fingerprint density at radius 1 is 1.24 bits per heavy atom. The molecule has 0 bridgehead atoms. The van der Waals surface area contributed by atoms with Gasteiger partial charge < -0.3 is 15.5 Å². The second-order valence-corrected chi connectivity index (χ2v) is 9.69. The van der Waals surface area contributed by atoms with Crippen molar-refractivity contribution in [1.82, 2.24) is 15.2 Å². The Bertz CT molecular complexity index is 1060. The van der Waals surface area contributed by atoms with Crippen molar-refractivity contribution in [2.24, 2.45) is 5.92 Å². The van der Waals surface area contributed by atoms with Crippen LogP contribution in [-0.4, -0.2) is 47.5 Å². The van der Waals surface area contributed by atoms with Crippen LogP contribution in [0.4, 0.5) is 19.0 Å². The van der Waals surface area contributed by atoms with Gasteiger partial charge in [0, 0.05) is 43.2 Å². The van der Waals surface area contributed by atoms with Crippen LogP contribution < -0.4 is 10.6 Å². The first kappa shape index (κ1) is 24.0. The molecule has 3 atom stereocenters. The molecule has 182 valence electrons. The summed E-state index contributed by atoms with van der Waals surface area (Å²) in [5.74, 6) is -1.03. The number of halogens is 3. The van der Waals surface area contributed by atoms with E-state index in [4.69, 9.17) is 0 Å². The smallest absolute Gasteiger partial charge is 0.366 e. The fourth-order valence-electron chi connectivity index (χ4n) is 5.04. The number of alkyl halides is 3. The summed E-state index contributed by atoms with van der Waals surface area (Å²) >= 11 is 0. The fraction of sp³-hybridized carbons (Fsp3) is 0.480. The number of piperidine rings is 1. The second kappa shape index (κ2) is 8.92. The average molecular weight is 475 g/mol. The minimum atomic E-state index is -4.67. The molecule has 2 aromatic rings. The number of aromatic nitrogens is 1. The van der Waals surface area contributed by atoms with E-state index >= 15 is 0 Å². The summed E-state index contributed by atoms with van der Waals surface area (Å²) < 4.78 is 42.1. The number of fused-ring (bicyclic) bond motifs is 1. The van der Waals surface area contributed by atoms with E-state index in [2.05, 4.69) is 41.6 Å². The molecule has 1 aliphatic heterocycles. The van der Waals surface area contributed by atoms with Crippen LogP contribution in [-0.2, 0) is 21.4 Å². The number of hydrogen-bond acceptors (Lipinski definition) is 4. The van der Waals surface area contributed by atoms with Gasteiger partial charge in [0.1, 0.15) is 5.82 Å². The first-order valence-electron chi connectivity index (χ1n) is 11.4. The van der Waals surface area contributed by atoms with Crippen LogP contribution in [0.1, 0.15) is 49.4 Å². The van der Waals surface area contributed by atoms with E-state index in [1.165, 1.54) is 29.5 Å². The van der Waals surface area contributed by atoms with Gasteiger partial charge in [0.2, 0.25) is 11.8 Å². The van der Waals surface area contributed by atoms with E-state index in [9.17, 15) is 22.8 Å². The fourth-order valence-corrected chi connectivity index (χ4v) is 5.04. The molecule has 2 heterocycles. The standard InChI is InChI=1S/C25H29F3N4O2/c1-24(2)18-7-5-4-6-15(18)12-19(24)31-20-10-8-16(13-29-20)22(25(26,27)28)32(3)23(34)17-9-11-21(33)30-14-17/h4-8,10,13,17,19,22H,9,11-12,14H2,1-3H3,(H,29,31)(H,30,33)/t17-,19+,22+/m1/s1. The molecule has 4 rings (SSSR count). The first-order chi connectivity index (χ1) is 16.0. The zero-order chi connectivity index (χ0) is 24.7. The third kappa shape index (κ3) is 4.60. The van der Waals surface area contributed by atoms with Crippen LogP contribution in [0.5, 0.6) is 0 Å². The Morgan fingerprint density at radius 2 is 1.97 bits per heavy atom. The number of benzene rings is 1. The van der Waals surface area contributed by atoms with Crippen LogP contribution in [0.15, 0.2) is 42.6 Å². The molecule has 2 amide bonds. The van der Waals surface area contributed by atoms with Gasteiger partial charge in [0.25, 0.3) is 0 Å². The highest BCUT2D eigenvalue weighted by atomic mass is 19.4. The summed E-state index contributed by atoms with van der Waals surface area (Å²) in [7, 11) is 1.15. The molecule has 0 saturated carbocycles. The Balaban J connectivity index is 1.50. The van der Waals surface area contributed by atoms with Gasteiger partial charge in [-0.1, -0.05) is 44.2 Å². The number of nitrogens with one attached hydrogen (secondary N) is 2. The molecule has 9 heteroatoms. The van der Waals surface area contributed by atoms with Crippen molar-refractivity contribution in [2.75, 3.05) is 18.9 Å². The van der Waals surface area contributed by atoms with Crippen molar-refractivity contribution in [3.63, 3.8) is 0 Å². The minimum absolute atomic E-state index is 0.0485. The van der Waals surface area contributed by atoms with E-state index in [1.54, 1.807) is 0 Å². The highest BCUT2D eigenvalue weighted by Gasteiger charge is 2.47. The van der Waals surface area contributed by atoms with Gasteiger partial charge in [-0.3, -0.25) is 9.59 Å². The number of anilines is 1. The van der Waals surface area contributed by atoms with Gasteiger partial charge in [0.05, 0.1) is 5.92 Å². The Hall–Kier alpha value is -3.10. The summed E-state index contributed by atoms with van der Waals surface area (Å²) in [6.07, 6.45) is -2.33. The molecule has 1 fully saturated rings. The quantitative estimate of drug-likeness (QED) is 0.688. The number of amides is 2. The molecule has 34 heavy (non-hydrogen) atoms. The third-order valence-corrected chi connectivity index (χ3v) is 7.09. The average Bonchev–Trinajstić information content (AvgIpc) is 3.04. The SMILES string of the molecule is CN(C(=O)[C@@H]1CCC(=O)NC1)[C@@H](c1ccc(N[C@H]2Cc3ccccc3C2(C)C)nc1)C(F)(F)F. The minimum Gasteiger partial charge on any atom is -0.366 e. The first-order valence-corrected chi connectivity index (χ1v) is 11.4. The predicted molar refractivity (Wildman–Crippen MR) is 122 cm³/mol. The van der Waals surface area contributed by atoms with Gasteiger partial charge in [-0.15, -0.1) is 0 Å². The van der Waals surface area contributed by atoms with Crippen molar-refractivity contribution >= 4 is 17.6 Å². The molecular weight excluding hydrogens is 445 g/mol. The van der Waals surface area contributed by atoms with Crippen molar-refractivity contribution in [3.05, 3.63) is 59.3 Å². The molecule has 1 saturated heterocycles. The molecule has 0 radical (unpaired) electrons. The number of carbonyl (C=O) groups excluding carboxylic acids is 2. The Labute approximate surface area is 196 Å². The second-order valence-electron chi connectivity index (χ2n) is 9.69. The summed E-state index contributed by atoms with van der Waals surface area (Å²) in [5, 5.41) is 5.93.